The van der Waals surface area contributed by atoms with Crippen LogP contribution in [0.2, 0.25) is 5.02 Å². The van der Waals surface area contributed by atoms with Crippen molar-refractivity contribution >= 4 is 57.0 Å². The number of thioether (sulfide) groups is 1. The highest BCUT2D eigenvalue weighted by molar-refractivity contribution is 8.18. The molecule has 1 aliphatic rings. The molecule has 5 nitrogen and oxygen atoms in total. The van der Waals surface area contributed by atoms with Gasteiger partial charge in [-0.25, -0.2) is 4.99 Å². The normalized spacial score (nSPS) is 15.8. The second-order valence-electron chi connectivity index (χ2n) is 6.49. The maximum Gasteiger partial charge on any atom is 0.264 e. The maximum atomic E-state index is 12.7. The predicted octanol–water partition coefficient (Wildman–Crippen LogP) is 5.41. The Balaban J connectivity index is 1.74. The number of carbonyl (C=O) groups excluding carboxylic acids is 1. The largest absolute Gasteiger partial charge is 0.494 e. The molecule has 3 aromatic rings. The van der Waals surface area contributed by atoms with Gasteiger partial charge in [-0.1, -0.05) is 47.9 Å². The van der Waals surface area contributed by atoms with Crippen LogP contribution in [0.3, 0.4) is 0 Å². The van der Waals surface area contributed by atoms with Gasteiger partial charge in [0.2, 0.25) is 0 Å². The van der Waals surface area contributed by atoms with Gasteiger partial charge < -0.3 is 14.8 Å². The van der Waals surface area contributed by atoms with Gasteiger partial charge in [0.25, 0.3) is 5.91 Å². The second kappa shape index (κ2) is 9.17. The van der Waals surface area contributed by atoms with Crippen molar-refractivity contribution in [3.8, 4) is 23.8 Å². The number of methoxy groups -OCH3 is 1. The highest BCUT2D eigenvalue weighted by atomic mass is 35.5. The molecule has 4 rings (SSSR count). The zero-order valence-corrected chi connectivity index (χ0v) is 18.1. The number of ether oxygens (including phenoxy) is 2. The van der Waals surface area contributed by atoms with E-state index in [0.717, 1.165) is 16.3 Å². The molecule has 1 N–H and O–H groups in total. The number of nitrogens with zero attached hydrogens (tertiary/aromatic N) is 1. The fourth-order valence-corrected chi connectivity index (χ4v) is 4.12. The molecule has 0 unspecified atom stereocenters. The van der Waals surface area contributed by atoms with Gasteiger partial charge in [-0.05, 0) is 52.9 Å². The van der Waals surface area contributed by atoms with E-state index in [1.165, 1.54) is 11.8 Å². The number of halogens is 1. The molecule has 1 heterocycles. The Kier molecular flexibility index (Phi) is 6.17. The molecule has 1 fully saturated rings. The lowest BCUT2D eigenvalue weighted by atomic mass is 10.0. The Morgan fingerprint density at radius 2 is 2.00 bits per heavy atom. The van der Waals surface area contributed by atoms with Crippen molar-refractivity contribution in [3.63, 3.8) is 0 Å². The van der Waals surface area contributed by atoms with Gasteiger partial charge in [-0.2, -0.15) is 0 Å². The van der Waals surface area contributed by atoms with E-state index in [1.54, 1.807) is 31.4 Å². The Hall–Kier alpha value is -3.40. The first-order valence-electron chi connectivity index (χ1n) is 9.30. The monoisotopic (exact) mass is 448 g/mol. The van der Waals surface area contributed by atoms with E-state index in [2.05, 4.69) is 16.2 Å². The van der Waals surface area contributed by atoms with Crippen molar-refractivity contribution in [1.82, 2.24) is 5.32 Å². The molecule has 1 aliphatic heterocycles. The summed E-state index contributed by atoms with van der Waals surface area (Å²) >= 11 is 7.31. The third kappa shape index (κ3) is 4.53. The van der Waals surface area contributed by atoms with Crippen molar-refractivity contribution in [3.05, 3.63) is 70.1 Å². The van der Waals surface area contributed by atoms with Crippen molar-refractivity contribution in [2.24, 2.45) is 4.99 Å². The second-order valence-corrected chi connectivity index (χ2v) is 7.96. The van der Waals surface area contributed by atoms with Crippen LogP contribution in [0.4, 0.5) is 5.69 Å². The van der Waals surface area contributed by atoms with Crippen molar-refractivity contribution < 1.29 is 14.3 Å². The summed E-state index contributed by atoms with van der Waals surface area (Å²) in [5.74, 6) is 3.39. The molecule has 0 aromatic heterocycles. The number of rotatable bonds is 5. The molecule has 154 valence electrons. The molecule has 0 aliphatic carbocycles. The Labute approximate surface area is 189 Å². The molecule has 0 atom stereocenters. The third-order valence-corrected chi connectivity index (χ3v) is 5.68. The standard InChI is InChI=1S/C24H17ClN2O3S/c1-3-12-30-20-10-8-15-6-4-5-7-17(15)18(20)14-22-23(28)27-24(31-22)26-19-13-16(25)9-11-21(19)29-2/h1,4-11,13-14H,12H2,2H3,(H,26,27,28)/b22-14-. The van der Waals surface area contributed by atoms with Gasteiger partial charge in [0.05, 0.1) is 12.0 Å². The Morgan fingerprint density at radius 1 is 1.19 bits per heavy atom. The van der Waals surface area contributed by atoms with E-state index in [-0.39, 0.29) is 12.5 Å². The number of hydrogen-bond donors (Lipinski definition) is 1. The first-order valence-corrected chi connectivity index (χ1v) is 10.5. The van der Waals surface area contributed by atoms with Crippen LogP contribution in [0, 0.1) is 12.3 Å². The first kappa shape index (κ1) is 20.9. The molecule has 1 amide bonds. The van der Waals surface area contributed by atoms with E-state index in [1.807, 2.05) is 36.4 Å². The Bertz CT molecular complexity index is 1280. The zero-order chi connectivity index (χ0) is 21.8. The number of amidine groups is 1. The fourth-order valence-electron chi connectivity index (χ4n) is 3.14. The molecule has 7 heteroatoms. The molecule has 0 spiro atoms. The van der Waals surface area contributed by atoms with E-state index in [0.29, 0.717) is 32.3 Å². The van der Waals surface area contributed by atoms with Gasteiger partial charge in [-0.15, -0.1) is 6.42 Å². The van der Waals surface area contributed by atoms with E-state index in [4.69, 9.17) is 27.5 Å². The molecule has 0 radical (unpaired) electrons. The minimum atomic E-state index is -0.249. The summed E-state index contributed by atoms with van der Waals surface area (Å²) < 4.78 is 11.0. The summed E-state index contributed by atoms with van der Waals surface area (Å²) in [5, 5.41) is 5.73. The van der Waals surface area contributed by atoms with Gasteiger partial charge in [-0.3, -0.25) is 4.79 Å². The summed E-state index contributed by atoms with van der Waals surface area (Å²) in [4.78, 5) is 17.6. The topological polar surface area (TPSA) is 59.9 Å². The van der Waals surface area contributed by atoms with Crippen LogP contribution in [-0.4, -0.2) is 24.8 Å². The van der Waals surface area contributed by atoms with Crippen LogP contribution in [-0.2, 0) is 4.79 Å². The lowest BCUT2D eigenvalue weighted by Gasteiger charge is -2.10. The minimum Gasteiger partial charge on any atom is -0.494 e. The van der Waals surface area contributed by atoms with Crippen LogP contribution < -0.4 is 14.8 Å². The van der Waals surface area contributed by atoms with Crippen LogP contribution in [0.1, 0.15) is 5.56 Å². The minimum absolute atomic E-state index is 0.134. The number of fused-ring (bicyclic) bond motifs is 1. The number of terminal acetylenes is 1. The first-order chi connectivity index (χ1) is 15.1. The molecule has 1 saturated heterocycles. The zero-order valence-electron chi connectivity index (χ0n) is 16.5. The average molecular weight is 449 g/mol. The number of hydrogen-bond acceptors (Lipinski definition) is 5. The van der Waals surface area contributed by atoms with Crippen molar-refractivity contribution in [2.45, 2.75) is 0 Å². The number of amides is 1. The van der Waals surface area contributed by atoms with Gasteiger partial charge >= 0.3 is 0 Å². The SMILES string of the molecule is C#CCOc1ccc2ccccc2c1/C=C1\SC(=Nc2cc(Cl)ccc2OC)NC1=O. The third-order valence-electron chi connectivity index (χ3n) is 4.53. The van der Waals surface area contributed by atoms with Crippen LogP contribution in [0.15, 0.2) is 64.5 Å². The highest BCUT2D eigenvalue weighted by Gasteiger charge is 2.25. The number of benzene rings is 3. The van der Waals surface area contributed by atoms with Gasteiger partial charge in [0, 0.05) is 10.6 Å². The quantitative estimate of drug-likeness (QED) is 0.419. The van der Waals surface area contributed by atoms with E-state index in [9.17, 15) is 4.79 Å². The van der Waals surface area contributed by atoms with Crippen LogP contribution >= 0.6 is 23.4 Å². The lowest BCUT2D eigenvalue weighted by molar-refractivity contribution is -0.115. The molecule has 3 aromatic carbocycles. The number of nitrogens with one attached hydrogen (secondary N) is 1. The molecule has 0 bridgehead atoms. The molecular weight excluding hydrogens is 432 g/mol. The maximum absolute atomic E-state index is 12.7. The number of aliphatic imine (C=N–C) groups is 1. The van der Waals surface area contributed by atoms with Crippen LogP contribution in [0.5, 0.6) is 11.5 Å². The fraction of sp³-hybridized carbons (Fsp3) is 0.0833. The smallest absolute Gasteiger partial charge is 0.264 e. The lowest BCUT2D eigenvalue weighted by Crippen LogP contribution is -2.19. The van der Waals surface area contributed by atoms with E-state index < -0.39 is 0 Å². The average Bonchev–Trinajstić information content (AvgIpc) is 3.12. The summed E-state index contributed by atoms with van der Waals surface area (Å²) in [6.45, 7) is 0.134. The number of carbonyl (C=O) groups is 1. The van der Waals surface area contributed by atoms with Gasteiger partial charge in [0.15, 0.2) is 5.17 Å². The summed E-state index contributed by atoms with van der Waals surface area (Å²) in [5.41, 5.74) is 1.31. The van der Waals surface area contributed by atoms with Gasteiger partial charge in [0.1, 0.15) is 23.8 Å². The Morgan fingerprint density at radius 3 is 2.81 bits per heavy atom. The summed E-state index contributed by atoms with van der Waals surface area (Å²) in [6, 6.07) is 16.8. The molecular formula is C24H17ClN2O3S. The van der Waals surface area contributed by atoms with Crippen molar-refractivity contribution in [1.29, 1.82) is 0 Å². The predicted molar refractivity (Wildman–Crippen MR) is 127 cm³/mol. The van der Waals surface area contributed by atoms with Crippen molar-refractivity contribution in [2.75, 3.05) is 13.7 Å². The molecule has 31 heavy (non-hydrogen) atoms. The summed E-state index contributed by atoms with van der Waals surface area (Å²) in [7, 11) is 1.55. The summed E-state index contributed by atoms with van der Waals surface area (Å²) in [6.07, 6.45) is 7.15. The highest BCUT2D eigenvalue weighted by Crippen LogP contribution is 2.36. The van der Waals surface area contributed by atoms with Crippen LogP contribution in [0.25, 0.3) is 16.8 Å². The van der Waals surface area contributed by atoms with E-state index >= 15 is 0 Å². The molecule has 0 saturated carbocycles.